The summed E-state index contributed by atoms with van der Waals surface area (Å²) in [6, 6.07) is 0. The van der Waals surface area contributed by atoms with E-state index >= 15 is 0 Å². The van der Waals surface area contributed by atoms with Gasteiger partial charge in [0.15, 0.2) is 13.6 Å². The first-order valence-electron chi connectivity index (χ1n) is 5.83. The zero-order chi connectivity index (χ0) is 15.4. The predicted octanol–water partition coefficient (Wildman–Crippen LogP) is 0.640. The topological polar surface area (TPSA) is 110 Å². The van der Waals surface area contributed by atoms with E-state index in [1.165, 1.54) is 14.0 Å². The summed E-state index contributed by atoms with van der Waals surface area (Å²) in [6.07, 6.45) is -2.94. The van der Waals surface area contributed by atoms with Gasteiger partial charge in [0.2, 0.25) is 0 Å². The fourth-order valence-corrected chi connectivity index (χ4v) is 0.739. The Hall–Kier alpha value is -1.58. The van der Waals surface area contributed by atoms with Gasteiger partial charge >= 0.3 is 12.3 Å². The van der Waals surface area contributed by atoms with Crippen molar-refractivity contribution >= 4 is 12.3 Å². The SMILES string of the molecule is COC(C)COC(=O)OCOCOC(=O)OCC(C)O. The maximum absolute atomic E-state index is 11.0. The van der Waals surface area contributed by atoms with E-state index in [4.69, 9.17) is 9.84 Å². The summed E-state index contributed by atoms with van der Waals surface area (Å²) in [7, 11) is 1.48. The standard InChI is InChI=1S/C11H20O9/c1-8(12)4-17-10(13)19-6-16-7-20-11(14)18-5-9(2)15-3/h8-9,12H,4-7H2,1-3H3. The first-order chi connectivity index (χ1) is 9.45. The van der Waals surface area contributed by atoms with E-state index in [1.807, 2.05) is 0 Å². The number of rotatable bonds is 9. The molecule has 0 amide bonds. The Balaban J connectivity index is 3.43. The van der Waals surface area contributed by atoms with Gasteiger partial charge in [-0.15, -0.1) is 0 Å². The van der Waals surface area contributed by atoms with Gasteiger partial charge in [0, 0.05) is 7.11 Å². The molecule has 0 saturated carbocycles. The van der Waals surface area contributed by atoms with Crippen molar-refractivity contribution in [3.63, 3.8) is 0 Å². The van der Waals surface area contributed by atoms with E-state index in [-0.39, 0.29) is 19.3 Å². The van der Waals surface area contributed by atoms with Crippen LogP contribution in [-0.4, -0.2) is 63.5 Å². The van der Waals surface area contributed by atoms with Gasteiger partial charge in [-0.1, -0.05) is 0 Å². The molecule has 0 aliphatic heterocycles. The Morgan fingerprint density at radius 1 is 0.950 bits per heavy atom. The molecule has 0 aromatic rings. The molecule has 0 aliphatic rings. The fourth-order valence-electron chi connectivity index (χ4n) is 0.739. The molecule has 0 aromatic heterocycles. The van der Waals surface area contributed by atoms with Crippen LogP contribution in [-0.2, 0) is 28.4 Å². The van der Waals surface area contributed by atoms with E-state index in [0.717, 1.165) is 0 Å². The molecule has 0 radical (unpaired) electrons. The quantitative estimate of drug-likeness (QED) is 0.372. The van der Waals surface area contributed by atoms with E-state index in [1.54, 1.807) is 6.92 Å². The molecule has 0 heterocycles. The largest absolute Gasteiger partial charge is 0.510 e. The van der Waals surface area contributed by atoms with Crippen molar-refractivity contribution in [1.82, 2.24) is 0 Å². The lowest BCUT2D eigenvalue weighted by Gasteiger charge is -2.10. The van der Waals surface area contributed by atoms with E-state index < -0.39 is 32.0 Å². The molecule has 9 heteroatoms. The van der Waals surface area contributed by atoms with Crippen molar-refractivity contribution in [2.45, 2.75) is 26.1 Å². The maximum atomic E-state index is 11.0. The second kappa shape index (κ2) is 11.3. The second-order valence-electron chi connectivity index (χ2n) is 3.75. The van der Waals surface area contributed by atoms with Crippen LogP contribution in [0.1, 0.15) is 13.8 Å². The van der Waals surface area contributed by atoms with E-state index in [2.05, 4.69) is 23.7 Å². The summed E-state index contributed by atoms with van der Waals surface area (Å²) in [6.45, 7) is 2.14. The zero-order valence-corrected chi connectivity index (χ0v) is 11.7. The van der Waals surface area contributed by atoms with Gasteiger partial charge in [-0.3, -0.25) is 0 Å². The number of carbonyl (C=O) groups excluding carboxylic acids is 2. The van der Waals surface area contributed by atoms with Gasteiger partial charge in [-0.05, 0) is 13.8 Å². The first kappa shape index (κ1) is 18.4. The van der Waals surface area contributed by atoms with Crippen LogP contribution < -0.4 is 0 Å². The molecule has 0 rings (SSSR count). The normalized spacial score (nSPS) is 13.2. The van der Waals surface area contributed by atoms with Gasteiger partial charge in [0.1, 0.15) is 13.2 Å². The van der Waals surface area contributed by atoms with E-state index in [0.29, 0.717) is 0 Å². The molecule has 0 fully saturated rings. The highest BCUT2D eigenvalue weighted by Gasteiger charge is 2.08. The minimum atomic E-state index is -0.998. The summed E-state index contributed by atoms with van der Waals surface area (Å²) >= 11 is 0. The van der Waals surface area contributed by atoms with Crippen LogP contribution in [0.5, 0.6) is 0 Å². The highest BCUT2D eigenvalue weighted by Crippen LogP contribution is 1.94. The summed E-state index contributed by atoms with van der Waals surface area (Å²) in [5, 5.41) is 8.83. The van der Waals surface area contributed by atoms with Crippen molar-refractivity contribution in [3.05, 3.63) is 0 Å². The summed E-state index contributed by atoms with van der Waals surface area (Å²) in [5.74, 6) is 0. The molecular formula is C11H20O9. The van der Waals surface area contributed by atoms with Crippen LogP contribution in [0.2, 0.25) is 0 Å². The molecule has 0 aliphatic carbocycles. The molecule has 2 atom stereocenters. The molecule has 0 saturated heterocycles. The number of carbonyl (C=O) groups is 2. The number of hydrogen-bond acceptors (Lipinski definition) is 9. The lowest BCUT2D eigenvalue weighted by atomic mass is 10.4. The monoisotopic (exact) mass is 296 g/mol. The third-order valence-electron chi connectivity index (χ3n) is 1.80. The Labute approximate surface area is 116 Å². The average molecular weight is 296 g/mol. The third kappa shape index (κ3) is 11.5. The van der Waals surface area contributed by atoms with E-state index in [9.17, 15) is 9.59 Å². The molecule has 0 spiro atoms. The number of ether oxygens (including phenoxy) is 6. The molecule has 0 bridgehead atoms. The predicted molar refractivity (Wildman–Crippen MR) is 63.8 cm³/mol. The van der Waals surface area contributed by atoms with Gasteiger partial charge in [0.05, 0.1) is 12.2 Å². The number of aliphatic hydroxyl groups is 1. The Morgan fingerprint density at radius 2 is 1.45 bits per heavy atom. The average Bonchev–Trinajstić information content (AvgIpc) is 2.41. The van der Waals surface area contributed by atoms with Crippen molar-refractivity contribution < 1.29 is 43.1 Å². The van der Waals surface area contributed by atoms with Crippen LogP contribution in [0.4, 0.5) is 9.59 Å². The first-order valence-corrected chi connectivity index (χ1v) is 5.83. The van der Waals surface area contributed by atoms with Crippen LogP contribution in [0.25, 0.3) is 0 Å². The number of hydrogen-bond donors (Lipinski definition) is 1. The Bertz CT molecular complexity index is 279. The van der Waals surface area contributed by atoms with Gasteiger partial charge in [0.25, 0.3) is 0 Å². The van der Waals surface area contributed by atoms with Crippen molar-refractivity contribution in [2.75, 3.05) is 33.9 Å². The lowest BCUT2D eigenvalue weighted by molar-refractivity contribution is -0.112. The van der Waals surface area contributed by atoms with Gasteiger partial charge in [-0.25, -0.2) is 9.59 Å². The smallest absolute Gasteiger partial charge is 0.431 e. The second-order valence-corrected chi connectivity index (χ2v) is 3.75. The number of aliphatic hydroxyl groups excluding tert-OH is 1. The van der Waals surface area contributed by atoms with Crippen molar-refractivity contribution in [1.29, 1.82) is 0 Å². The summed E-state index contributed by atoms with van der Waals surface area (Å²) in [4.78, 5) is 21.9. The summed E-state index contributed by atoms with van der Waals surface area (Å²) in [5.41, 5.74) is 0. The van der Waals surface area contributed by atoms with Gasteiger partial charge in [-0.2, -0.15) is 0 Å². The number of methoxy groups -OCH3 is 1. The minimum absolute atomic E-state index is 0.0531. The Morgan fingerprint density at radius 3 is 1.90 bits per heavy atom. The van der Waals surface area contributed by atoms with Crippen LogP contribution in [0.3, 0.4) is 0 Å². The van der Waals surface area contributed by atoms with Crippen molar-refractivity contribution in [2.24, 2.45) is 0 Å². The van der Waals surface area contributed by atoms with Gasteiger partial charge < -0.3 is 33.5 Å². The fraction of sp³-hybridized carbons (Fsp3) is 0.818. The summed E-state index contributed by atoms with van der Waals surface area (Å²) < 4.78 is 27.6. The lowest BCUT2D eigenvalue weighted by Crippen LogP contribution is -2.20. The van der Waals surface area contributed by atoms with Crippen LogP contribution >= 0.6 is 0 Å². The molecule has 9 nitrogen and oxygen atoms in total. The Kier molecular flexibility index (Phi) is 10.4. The molecule has 0 aromatic carbocycles. The zero-order valence-electron chi connectivity index (χ0n) is 11.7. The molecule has 1 N–H and O–H groups in total. The van der Waals surface area contributed by atoms with Crippen LogP contribution in [0, 0.1) is 0 Å². The van der Waals surface area contributed by atoms with Crippen molar-refractivity contribution in [3.8, 4) is 0 Å². The maximum Gasteiger partial charge on any atom is 0.510 e. The molecular weight excluding hydrogens is 276 g/mol. The third-order valence-corrected chi connectivity index (χ3v) is 1.80. The minimum Gasteiger partial charge on any atom is -0.431 e. The molecule has 20 heavy (non-hydrogen) atoms. The highest BCUT2D eigenvalue weighted by molar-refractivity contribution is 5.60. The van der Waals surface area contributed by atoms with Crippen LogP contribution in [0.15, 0.2) is 0 Å². The molecule has 118 valence electrons. The molecule has 2 unspecified atom stereocenters. The highest BCUT2D eigenvalue weighted by atomic mass is 16.8.